The van der Waals surface area contributed by atoms with E-state index in [0.29, 0.717) is 17.5 Å². The first kappa shape index (κ1) is 11.2. The van der Waals surface area contributed by atoms with Crippen LogP contribution in [0.5, 0.6) is 0 Å². The van der Waals surface area contributed by atoms with Crippen molar-refractivity contribution in [1.29, 1.82) is 0 Å². The number of sulfonamides is 1. The Morgan fingerprint density at radius 2 is 2.00 bits per heavy atom. The van der Waals surface area contributed by atoms with Gasteiger partial charge in [-0.2, -0.15) is 0 Å². The summed E-state index contributed by atoms with van der Waals surface area (Å²) in [7, 11) is -3.68. The molecule has 0 saturated heterocycles. The highest BCUT2D eigenvalue weighted by Crippen LogP contribution is 2.15. The van der Waals surface area contributed by atoms with E-state index in [4.69, 9.17) is 5.14 Å². The lowest BCUT2D eigenvalue weighted by Crippen LogP contribution is -2.14. The summed E-state index contributed by atoms with van der Waals surface area (Å²) in [6.45, 7) is 1.41. The molecular formula is C9H12NO3S. The third-order valence-electron chi connectivity index (χ3n) is 1.95. The molecule has 0 saturated carbocycles. The maximum absolute atomic E-state index is 11.1. The van der Waals surface area contributed by atoms with Gasteiger partial charge in [0.2, 0.25) is 10.0 Å². The average molecular weight is 214 g/mol. The standard InChI is InChI=1S/C9H12NO3S/c1-7-2-3-8(4-5-11)6-9(7)14(10,12)13/h2-3,6H,4-5H2,1H3,(H2,10,12,13). The van der Waals surface area contributed by atoms with E-state index in [2.05, 4.69) is 0 Å². The Morgan fingerprint density at radius 3 is 2.50 bits per heavy atom. The van der Waals surface area contributed by atoms with Crippen molar-refractivity contribution in [3.8, 4) is 0 Å². The summed E-state index contributed by atoms with van der Waals surface area (Å²) in [5.41, 5.74) is 1.30. The topological polar surface area (TPSA) is 80.1 Å². The maximum atomic E-state index is 11.1. The number of aryl methyl sites for hydroxylation is 1. The molecule has 0 aliphatic carbocycles. The molecule has 77 valence electrons. The summed E-state index contributed by atoms with van der Waals surface area (Å²) in [4.78, 5) is 0.100. The summed E-state index contributed by atoms with van der Waals surface area (Å²) in [6.07, 6.45) is 0.322. The zero-order valence-corrected chi connectivity index (χ0v) is 8.67. The zero-order valence-electron chi connectivity index (χ0n) is 7.86. The quantitative estimate of drug-likeness (QED) is 0.800. The highest BCUT2D eigenvalue weighted by Gasteiger charge is 2.11. The molecule has 0 bridgehead atoms. The largest absolute Gasteiger partial charge is 0.238 e. The normalized spacial score (nSPS) is 11.6. The third kappa shape index (κ3) is 2.54. The lowest BCUT2D eigenvalue weighted by Gasteiger charge is -2.05. The van der Waals surface area contributed by atoms with E-state index in [-0.39, 0.29) is 11.5 Å². The van der Waals surface area contributed by atoms with Crippen molar-refractivity contribution in [3.05, 3.63) is 29.3 Å². The van der Waals surface area contributed by atoms with E-state index in [1.165, 1.54) is 6.07 Å². The van der Waals surface area contributed by atoms with Crippen LogP contribution in [0.1, 0.15) is 11.1 Å². The molecule has 0 spiro atoms. The Morgan fingerprint density at radius 1 is 1.36 bits per heavy atom. The Balaban J connectivity index is 3.22. The van der Waals surface area contributed by atoms with Gasteiger partial charge in [-0.1, -0.05) is 12.1 Å². The Bertz CT molecular complexity index is 426. The van der Waals surface area contributed by atoms with Gasteiger partial charge >= 0.3 is 0 Å². The van der Waals surface area contributed by atoms with Crippen LogP contribution in [0.4, 0.5) is 0 Å². The van der Waals surface area contributed by atoms with Crippen molar-refractivity contribution in [3.63, 3.8) is 0 Å². The van der Waals surface area contributed by atoms with E-state index >= 15 is 0 Å². The lowest BCUT2D eigenvalue weighted by molar-refractivity contribution is 0.197. The minimum absolute atomic E-state index is 0.100. The number of benzene rings is 1. The first-order valence-electron chi connectivity index (χ1n) is 4.15. The molecule has 1 aromatic carbocycles. The van der Waals surface area contributed by atoms with E-state index < -0.39 is 10.0 Å². The van der Waals surface area contributed by atoms with Gasteiger partial charge in [0.15, 0.2) is 0 Å². The average Bonchev–Trinajstić information content (AvgIpc) is 2.07. The molecule has 0 fully saturated rings. The smallest absolute Gasteiger partial charge is 0.236 e. The molecule has 0 heterocycles. The van der Waals surface area contributed by atoms with Crippen LogP contribution < -0.4 is 5.14 Å². The third-order valence-corrected chi connectivity index (χ3v) is 3.00. The second-order valence-electron chi connectivity index (χ2n) is 3.10. The van der Waals surface area contributed by atoms with Gasteiger partial charge in [-0.15, -0.1) is 0 Å². The number of hydrogen-bond acceptors (Lipinski definition) is 2. The molecule has 0 aliphatic rings. The second kappa shape index (κ2) is 4.08. The maximum Gasteiger partial charge on any atom is 0.238 e. The summed E-state index contributed by atoms with van der Waals surface area (Å²) < 4.78 is 22.2. The molecule has 1 radical (unpaired) electrons. The predicted octanol–water partition coefficient (Wildman–Crippen LogP) is 0.615. The Hall–Kier alpha value is -0.910. The van der Waals surface area contributed by atoms with Crippen LogP contribution in [0.15, 0.2) is 23.1 Å². The van der Waals surface area contributed by atoms with Gasteiger partial charge in [0.1, 0.15) is 0 Å². The molecule has 5 heteroatoms. The molecule has 2 N–H and O–H groups in total. The molecule has 0 aromatic heterocycles. The fourth-order valence-corrected chi connectivity index (χ4v) is 2.06. The van der Waals surface area contributed by atoms with Crippen molar-refractivity contribution in [2.45, 2.75) is 18.2 Å². The number of nitrogens with two attached hydrogens (primary N) is 1. The predicted molar refractivity (Wildman–Crippen MR) is 51.8 cm³/mol. The number of primary sulfonamides is 1. The lowest BCUT2D eigenvalue weighted by atomic mass is 10.1. The first-order chi connectivity index (χ1) is 6.45. The highest BCUT2D eigenvalue weighted by atomic mass is 32.2. The van der Waals surface area contributed by atoms with Crippen LogP contribution in [-0.4, -0.2) is 15.0 Å². The molecule has 14 heavy (non-hydrogen) atoms. The fourth-order valence-electron chi connectivity index (χ4n) is 1.22. The molecule has 0 unspecified atom stereocenters. The summed E-state index contributed by atoms with van der Waals surface area (Å²) in [5.74, 6) is 0. The van der Waals surface area contributed by atoms with Gasteiger partial charge in [0.25, 0.3) is 0 Å². The zero-order chi connectivity index (χ0) is 10.8. The Kier molecular flexibility index (Phi) is 3.25. The first-order valence-corrected chi connectivity index (χ1v) is 5.70. The monoisotopic (exact) mass is 214 g/mol. The molecular weight excluding hydrogens is 202 g/mol. The van der Waals surface area contributed by atoms with Gasteiger partial charge in [-0.25, -0.2) is 18.7 Å². The van der Waals surface area contributed by atoms with Crippen LogP contribution in [-0.2, 0) is 21.6 Å². The van der Waals surface area contributed by atoms with E-state index in [9.17, 15) is 13.5 Å². The van der Waals surface area contributed by atoms with Gasteiger partial charge in [-0.3, -0.25) is 0 Å². The number of rotatable bonds is 3. The van der Waals surface area contributed by atoms with Gasteiger partial charge in [0, 0.05) is 0 Å². The Labute approximate surface area is 83.4 Å². The molecule has 4 nitrogen and oxygen atoms in total. The molecule has 0 atom stereocenters. The van der Waals surface area contributed by atoms with Crippen molar-refractivity contribution in [2.24, 2.45) is 5.14 Å². The summed E-state index contributed by atoms with van der Waals surface area (Å²) >= 11 is 0. The van der Waals surface area contributed by atoms with Crippen molar-refractivity contribution in [2.75, 3.05) is 6.61 Å². The van der Waals surface area contributed by atoms with Crippen LogP contribution in [0, 0.1) is 6.92 Å². The van der Waals surface area contributed by atoms with E-state index in [1.807, 2.05) is 0 Å². The van der Waals surface area contributed by atoms with Gasteiger partial charge < -0.3 is 0 Å². The molecule has 1 rings (SSSR count). The van der Waals surface area contributed by atoms with Crippen LogP contribution in [0.2, 0.25) is 0 Å². The summed E-state index contributed by atoms with van der Waals surface area (Å²) in [6, 6.07) is 4.86. The van der Waals surface area contributed by atoms with Crippen LogP contribution >= 0.6 is 0 Å². The molecule has 1 aromatic rings. The second-order valence-corrected chi connectivity index (χ2v) is 4.63. The SMILES string of the molecule is Cc1ccc(CC[O])cc1S(N)(=O)=O. The van der Waals surface area contributed by atoms with Crippen LogP contribution in [0.25, 0.3) is 0 Å². The number of hydrogen-bond donors (Lipinski definition) is 1. The van der Waals surface area contributed by atoms with Crippen LogP contribution in [0.3, 0.4) is 0 Å². The minimum atomic E-state index is -3.68. The van der Waals surface area contributed by atoms with Crippen molar-refractivity contribution < 1.29 is 13.5 Å². The van der Waals surface area contributed by atoms with E-state index in [1.54, 1.807) is 19.1 Å². The molecule has 0 amide bonds. The van der Waals surface area contributed by atoms with Gasteiger partial charge in [0.05, 0.1) is 11.5 Å². The van der Waals surface area contributed by atoms with Crippen molar-refractivity contribution in [1.82, 2.24) is 0 Å². The molecule has 0 aliphatic heterocycles. The summed E-state index contributed by atoms with van der Waals surface area (Å²) in [5, 5.41) is 15.4. The van der Waals surface area contributed by atoms with E-state index in [0.717, 1.165) is 0 Å². The highest BCUT2D eigenvalue weighted by molar-refractivity contribution is 7.89. The minimum Gasteiger partial charge on any atom is -0.236 e. The van der Waals surface area contributed by atoms with Gasteiger partial charge in [-0.05, 0) is 30.5 Å². The van der Waals surface area contributed by atoms with Crippen molar-refractivity contribution >= 4 is 10.0 Å². The fraction of sp³-hybridized carbons (Fsp3) is 0.333.